The Kier molecular flexibility index (Phi) is 36.7. The van der Waals surface area contributed by atoms with E-state index in [9.17, 15) is 0 Å². The molecule has 0 amide bonds. The van der Waals surface area contributed by atoms with Crippen LogP contribution in [0.15, 0.2) is 304 Å². The Morgan fingerprint density at radius 3 is 0.832 bits per heavy atom. The van der Waals surface area contributed by atoms with Gasteiger partial charge in [-0.2, -0.15) is 0 Å². The maximum absolute atomic E-state index is 8.56. The van der Waals surface area contributed by atoms with Crippen LogP contribution in [-0.2, 0) is 60.3 Å². The Balaban J connectivity index is 0.000000219. The van der Waals surface area contributed by atoms with Crippen LogP contribution in [0.5, 0.6) is 0 Å². The van der Waals surface area contributed by atoms with Crippen molar-refractivity contribution < 1.29 is 91.0 Å². The van der Waals surface area contributed by atoms with Crippen molar-refractivity contribution in [1.82, 2.24) is 29.9 Å². The molecule has 14 aromatic rings. The van der Waals surface area contributed by atoms with Gasteiger partial charge in [0.1, 0.15) is 0 Å². The van der Waals surface area contributed by atoms with Crippen LogP contribution in [0.2, 0.25) is 0 Å². The fraction of sp³-hybridized carbons (Fsp3) is 0.174. The van der Waals surface area contributed by atoms with Crippen LogP contribution >= 0.6 is 0 Å². The number of aryl methyl sites for hydroxylation is 1. The van der Waals surface area contributed by atoms with Crippen LogP contribution in [0.3, 0.4) is 0 Å². The van der Waals surface area contributed by atoms with Gasteiger partial charge in [-0.05, 0) is 112 Å². The largest absolute Gasteiger partial charge is 0.393 e. The molecule has 11 aromatic carbocycles. The molecule has 6 unspecified atom stereocenters. The molecule has 0 bridgehead atoms. The Morgan fingerprint density at radius 2 is 0.523 bits per heavy atom. The zero-order chi connectivity index (χ0) is 73.6. The Hall–Kier alpha value is -9.37. The fourth-order valence-electron chi connectivity index (χ4n) is 11.2. The number of fused-ring (bicyclic) bond motifs is 1. The van der Waals surface area contributed by atoms with Crippen molar-refractivity contribution in [2.24, 2.45) is 0 Å². The third kappa shape index (κ3) is 27.4. The molecule has 0 fully saturated rings. The molecule has 0 spiro atoms. The summed E-state index contributed by atoms with van der Waals surface area (Å²) in [6, 6.07) is 106. The second-order valence-electron chi connectivity index (χ2n) is 25.5. The normalized spacial score (nSPS) is 12.0. The van der Waals surface area contributed by atoms with Crippen LogP contribution in [0.25, 0.3) is 123 Å². The molecule has 0 aliphatic rings. The van der Waals surface area contributed by atoms with Gasteiger partial charge in [-0.25, -0.2) is 0 Å². The van der Waals surface area contributed by atoms with Gasteiger partial charge in [0.05, 0.1) is 70.8 Å². The molecule has 14 rings (SSSR count). The molecule has 0 saturated heterocycles. The van der Waals surface area contributed by atoms with E-state index < -0.39 is 0 Å². The minimum Gasteiger partial charge on any atom is -0.393 e. The number of benzene rings is 11. The van der Waals surface area contributed by atoms with Crippen molar-refractivity contribution in [3.05, 3.63) is 327 Å². The van der Waals surface area contributed by atoms with E-state index in [2.05, 4.69) is 177 Å². The molecule has 3 aromatic heterocycles. The molecule has 553 valence electrons. The van der Waals surface area contributed by atoms with Gasteiger partial charge in [0.15, 0.2) is 0 Å². The van der Waals surface area contributed by atoms with E-state index in [4.69, 9.17) is 60.5 Å². The van der Waals surface area contributed by atoms with Crippen LogP contribution in [0.1, 0.15) is 66.4 Å². The summed E-state index contributed by atoms with van der Waals surface area (Å²) >= 11 is 0. The van der Waals surface area contributed by atoms with E-state index in [0.29, 0.717) is 19.3 Å². The Morgan fingerprint density at radius 1 is 0.262 bits per heavy atom. The molecular weight excluding hydrogens is 1860 g/mol. The SMILES string of the molecule is CC(O)CC(C)O.CC(O)CC(C)O.CC(O)CC(C)O.Cc1ccc(-c2cnc(-c3[c-]cccc3)c(-c3ccccc3)n2)cc1.[Ir].[Ir].[Ir].[c-]1ccccc1-c1ncc(-c2ccc(-c3ccccc3)cc2)nc1-c1ccccc1.[c-]1ccccc1-c1ncc(-c2ccc3ccccc3c2)nc1-c1ccccc1. The molecular formula is C92H89Ir3N6O6-3. The second-order valence-corrected chi connectivity index (χ2v) is 25.5. The van der Waals surface area contributed by atoms with E-state index in [0.717, 1.165) is 101 Å². The Labute approximate surface area is 670 Å². The van der Waals surface area contributed by atoms with Gasteiger partial charge >= 0.3 is 0 Å². The number of nitrogens with zero attached hydrogens (tertiary/aromatic N) is 6. The van der Waals surface area contributed by atoms with Gasteiger partial charge in [-0.3, -0.25) is 15.0 Å². The van der Waals surface area contributed by atoms with Crippen LogP contribution in [0, 0.1) is 25.1 Å². The summed E-state index contributed by atoms with van der Waals surface area (Å²) in [4.78, 5) is 29.3. The molecule has 3 radical (unpaired) electrons. The zero-order valence-corrected chi connectivity index (χ0v) is 68.0. The van der Waals surface area contributed by atoms with E-state index in [-0.39, 0.29) is 96.9 Å². The van der Waals surface area contributed by atoms with Crippen LogP contribution < -0.4 is 0 Å². The van der Waals surface area contributed by atoms with E-state index in [1.807, 2.05) is 152 Å². The van der Waals surface area contributed by atoms with Crippen molar-refractivity contribution in [3.63, 3.8) is 0 Å². The van der Waals surface area contributed by atoms with Crippen LogP contribution in [0.4, 0.5) is 0 Å². The van der Waals surface area contributed by atoms with E-state index in [1.54, 1.807) is 41.5 Å². The number of aromatic nitrogens is 6. The average Bonchev–Trinajstić information content (AvgIpc) is 0.766. The summed E-state index contributed by atoms with van der Waals surface area (Å²) in [5.41, 5.74) is 20.5. The van der Waals surface area contributed by atoms with Gasteiger partial charge in [-0.15, -0.1) is 108 Å². The Bertz CT molecular complexity index is 4770. The smallest absolute Gasteiger partial charge is 0.0873 e. The third-order valence-electron chi connectivity index (χ3n) is 16.1. The number of aliphatic hydroxyl groups excluding tert-OH is 6. The summed E-state index contributed by atoms with van der Waals surface area (Å²) in [6.45, 7) is 12.0. The quantitative estimate of drug-likeness (QED) is 0.0501. The van der Waals surface area contributed by atoms with Gasteiger partial charge in [-0.1, -0.05) is 212 Å². The molecule has 6 N–H and O–H groups in total. The first kappa shape index (κ1) is 86.5. The number of rotatable bonds is 16. The monoisotopic (exact) mass is 1950 g/mol. The van der Waals surface area contributed by atoms with Gasteiger partial charge in [0.2, 0.25) is 0 Å². The number of hydrogen-bond donors (Lipinski definition) is 6. The summed E-state index contributed by atoms with van der Waals surface area (Å²) in [6.07, 6.45) is 4.71. The summed E-state index contributed by atoms with van der Waals surface area (Å²) < 4.78 is 0. The second kappa shape index (κ2) is 45.3. The minimum absolute atomic E-state index is 0. The molecule has 12 nitrogen and oxygen atoms in total. The van der Waals surface area contributed by atoms with E-state index in [1.165, 1.54) is 27.5 Å². The summed E-state index contributed by atoms with van der Waals surface area (Å²) in [5, 5.41) is 53.8. The predicted octanol–water partition coefficient (Wildman–Crippen LogP) is 19.4. The molecule has 15 heteroatoms. The first-order valence-corrected chi connectivity index (χ1v) is 34.9. The molecule has 3 heterocycles. The predicted molar refractivity (Wildman–Crippen MR) is 423 cm³/mol. The summed E-state index contributed by atoms with van der Waals surface area (Å²) in [5.74, 6) is 0. The zero-order valence-electron chi connectivity index (χ0n) is 60.8. The van der Waals surface area contributed by atoms with Crippen molar-refractivity contribution in [1.29, 1.82) is 0 Å². The molecule has 0 aliphatic heterocycles. The molecule has 0 saturated carbocycles. The van der Waals surface area contributed by atoms with Crippen molar-refractivity contribution in [2.45, 2.75) is 104 Å². The molecule has 6 atom stereocenters. The molecule has 107 heavy (non-hydrogen) atoms. The third-order valence-corrected chi connectivity index (χ3v) is 16.1. The van der Waals surface area contributed by atoms with Gasteiger partial charge in [0, 0.05) is 113 Å². The van der Waals surface area contributed by atoms with Gasteiger partial charge < -0.3 is 45.6 Å². The van der Waals surface area contributed by atoms with E-state index >= 15 is 0 Å². The number of hydrogen-bond acceptors (Lipinski definition) is 12. The fourth-order valence-corrected chi connectivity index (χ4v) is 11.2. The van der Waals surface area contributed by atoms with Crippen molar-refractivity contribution in [2.75, 3.05) is 0 Å². The van der Waals surface area contributed by atoms with Crippen molar-refractivity contribution >= 4 is 10.8 Å². The number of aliphatic hydroxyl groups is 6. The first-order chi connectivity index (χ1) is 50.5. The van der Waals surface area contributed by atoms with Crippen LogP contribution in [-0.4, -0.2) is 97.2 Å². The standard InChI is InChI=1S/C28H19N2.C26H17N2.C23H17N2.3C5H12O2.3Ir/c1-4-10-21(11-5-1)22-16-18-23(19-17-22)26-20-29-27(24-12-6-2-7-13-24)28(30-26)25-14-8-3-9-15-25;1-3-10-20(11-4-1)25-26(21-12-5-2-6-13-21)28-24(18-27-25)23-16-15-19-9-7-8-14-22(19)17-23;1-17-12-14-18(15-13-17)21-16-24-22(19-8-4-2-5-9-19)23(25-21)20-10-6-3-7-11-20;3*1-4(6)3-5(2)7;;;/h1-12,14-20H;1-10,12-18H;2-8,10-16H,1H3;3*4-7H,3H2,1-2H3;;;/q3*-1;;;;;;. The minimum atomic E-state index is -0.375. The maximum atomic E-state index is 8.56. The first-order valence-electron chi connectivity index (χ1n) is 34.9. The van der Waals surface area contributed by atoms with Gasteiger partial charge in [0.25, 0.3) is 0 Å². The van der Waals surface area contributed by atoms with Crippen molar-refractivity contribution in [3.8, 4) is 112 Å². The average molecular weight is 1950 g/mol. The maximum Gasteiger partial charge on any atom is 0.0873 e. The topological polar surface area (TPSA) is 199 Å². The molecule has 0 aliphatic carbocycles. The summed E-state index contributed by atoms with van der Waals surface area (Å²) in [7, 11) is 0.